The third kappa shape index (κ3) is 2.14. The fraction of sp³-hybridized carbons (Fsp3) is 0.875. The fourth-order valence-electron chi connectivity index (χ4n) is 1.82. The Kier molecular flexibility index (Phi) is 3.27. The molecule has 0 aromatic heterocycles. The van der Waals surface area contributed by atoms with Crippen molar-refractivity contribution in [1.82, 2.24) is 5.32 Å². The average molecular weight is 172 g/mol. The third-order valence-electron chi connectivity index (χ3n) is 2.50. The number of rotatable bonds is 2. The molecule has 3 N–H and O–H groups in total. The van der Waals surface area contributed by atoms with Crippen LogP contribution in [0.1, 0.15) is 25.7 Å². The van der Waals surface area contributed by atoms with Gasteiger partial charge < -0.3 is 11.1 Å². The quantitative estimate of drug-likeness (QED) is 0.611. The van der Waals surface area contributed by atoms with E-state index in [1.54, 1.807) is 0 Å². The van der Waals surface area contributed by atoms with Crippen LogP contribution >= 0.6 is 12.2 Å². The Labute approximate surface area is 73.5 Å². The van der Waals surface area contributed by atoms with E-state index in [4.69, 9.17) is 18.0 Å². The van der Waals surface area contributed by atoms with Gasteiger partial charge >= 0.3 is 0 Å². The second-order valence-electron chi connectivity index (χ2n) is 3.19. The molecule has 2 atom stereocenters. The summed E-state index contributed by atoms with van der Waals surface area (Å²) in [6, 6.07) is 0.529. The predicted molar refractivity (Wildman–Crippen MR) is 51.6 cm³/mol. The van der Waals surface area contributed by atoms with Gasteiger partial charge in [0.1, 0.15) is 0 Å². The molecular weight excluding hydrogens is 156 g/mol. The van der Waals surface area contributed by atoms with Crippen LogP contribution in [-0.2, 0) is 0 Å². The maximum atomic E-state index is 5.62. The van der Waals surface area contributed by atoms with Gasteiger partial charge in [-0.15, -0.1) is 0 Å². The first-order valence-corrected chi connectivity index (χ1v) is 4.63. The molecule has 1 aliphatic carbocycles. The minimum absolute atomic E-state index is 0.434. The normalized spacial score (nSPS) is 31.7. The molecule has 1 fully saturated rings. The highest BCUT2D eigenvalue weighted by Gasteiger charge is 2.25. The standard InChI is InChI=1S/C8H16N2S/c1-10-7-5-3-2-4-6(7)8(9)11/h6-7,10H,2-5H2,1H3,(H2,9,11). The molecule has 11 heavy (non-hydrogen) atoms. The molecule has 0 radical (unpaired) electrons. The number of nitrogens with one attached hydrogen (secondary N) is 1. The van der Waals surface area contributed by atoms with E-state index in [9.17, 15) is 0 Å². The molecule has 1 aliphatic rings. The van der Waals surface area contributed by atoms with Crippen molar-refractivity contribution in [1.29, 1.82) is 0 Å². The van der Waals surface area contributed by atoms with Gasteiger partial charge in [0.15, 0.2) is 0 Å². The Hall–Kier alpha value is -0.150. The summed E-state index contributed by atoms with van der Waals surface area (Å²) in [7, 11) is 1.99. The highest BCUT2D eigenvalue weighted by molar-refractivity contribution is 7.80. The van der Waals surface area contributed by atoms with Crippen molar-refractivity contribution in [3.8, 4) is 0 Å². The highest BCUT2D eigenvalue weighted by atomic mass is 32.1. The summed E-state index contributed by atoms with van der Waals surface area (Å²) in [5.41, 5.74) is 5.62. The van der Waals surface area contributed by atoms with Crippen molar-refractivity contribution in [3.63, 3.8) is 0 Å². The monoisotopic (exact) mass is 172 g/mol. The van der Waals surface area contributed by atoms with Gasteiger partial charge in [0, 0.05) is 12.0 Å². The Balaban J connectivity index is 2.51. The number of thiocarbonyl (C=S) groups is 1. The van der Waals surface area contributed by atoms with Crippen molar-refractivity contribution >= 4 is 17.2 Å². The van der Waals surface area contributed by atoms with Crippen molar-refractivity contribution in [2.75, 3.05) is 7.05 Å². The maximum Gasteiger partial charge on any atom is 0.0774 e. The zero-order chi connectivity index (χ0) is 8.27. The lowest BCUT2D eigenvalue weighted by Crippen LogP contribution is -2.42. The zero-order valence-corrected chi connectivity index (χ0v) is 7.79. The van der Waals surface area contributed by atoms with Gasteiger partial charge in [0.25, 0.3) is 0 Å². The van der Waals surface area contributed by atoms with Gasteiger partial charge in [-0.2, -0.15) is 0 Å². The van der Waals surface area contributed by atoms with Crippen molar-refractivity contribution in [2.24, 2.45) is 11.7 Å². The van der Waals surface area contributed by atoms with Crippen LogP contribution in [0.2, 0.25) is 0 Å². The van der Waals surface area contributed by atoms with Gasteiger partial charge in [-0.05, 0) is 19.9 Å². The van der Waals surface area contributed by atoms with Gasteiger partial charge in [-0.25, -0.2) is 0 Å². The van der Waals surface area contributed by atoms with E-state index in [0.717, 1.165) is 0 Å². The Morgan fingerprint density at radius 2 is 2.09 bits per heavy atom. The molecule has 64 valence electrons. The Morgan fingerprint density at radius 1 is 1.45 bits per heavy atom. The van der Waals surface area contributed by atoms with Crippen molar-refractivity contribution in [2.45, 2.75) is 31.7 Å². The lowest BCUT2D eigenvalue weighted by atomic mass is 9.84. The number of hydrogen-bond donors (Lipinski definition) is 2. The van der Waals surface area contributed by atoms with Crippen molar-refractivity contribution < 1.29 is 0 Å². The minimum atomic E-state index is 0.434. The SMILES string of the molecule is CNC1CCCCC1C(N)=S. The third-order valence-corrected chi connectivity index (χ3v) is 2.80. The largest absolute Gasteiger partial charge is 0.393 e. The number of hydrogen-bond acceptors (Lipinski definition) is 2. The molecule has 1 rings (SSSR count). The van der Waals surface area contributed by atoms with Crippen LogP contribution in [0.4, 0.5) is 0 Å². The molecular formula is C8H16N2S. The molecule has 0 aliphatic heterocycles. The van der Waals surface area contributed by atoms with Crippen LogP contribution in [0.3, 0.4) is 0 Å². The summed E-state index contributed by atoms with van der Waals surface area (Å²) in [4.78, 5) is 0.684. The lowest BCUT2D eigenvalue weighted by Gasteiger charge is -2.30. The number of nitrogens with two attached hydrogens (primary N) is 1. The first-order valence-electron chi connectivity index (χ1n) is 4.22. The van der Waals surface area contributed by atoms with E-state index in [2.05, 4.69) is 5.32 Å². The first kappa shape index (κ1) is 8.94. The van der Waals surface area contributed by atoms with Crippen LogP contribution in [0.15, 0.2) is 0 Å². The topological polar surface area (TPSA) is 38.0 Å². The molecule has 2 nitrogen and oxygen atoms in total. The van der Waals surface area contributed by atoms with Crippen LogP contribution in [-0.4, -0.2) is 18.1 Å². The molecule has 0 bridgehead atoms. The van der Waals surface area contributed by atoms with Crippen LogP contribution in [0, 0.1) is 5.92 Å². The highest BCUT2D eigenvalue weighted by Crippen LogP contribution is 2.24. The second kappa shape index (κ2) is 4.02. The molecule has 2 unspecified atom stereocenters. The molecule has 0 heterocycles. The van der Waals surface area contributed by atoms with Crippen molar-refractivity contribution in [3.05, 3.63) is 0 Å². The molecule has 0 aromatic rings. The lowest BCUT2D eigenvalue weighted by molar-refractivity contribution is 0.340. The predicted octanol–water partition coefficient (Wildman–Crippen LogP) is 1.05. The van der Waals surface area contributed by atoms with E-state index in [0.29, 0.717) is 16.9 Å². The molecule has 0 spiro atoms. The summed E-state index contributed by atoms with van der Waals surface area (Å²) in [6.07, 6.45) is 4.98. The van der Waals surface area contributed by atoms with E-state index in [-0.39, 0.29) is 0 Å². The smallest absolute Gasteiger partial charge is 0.0774 e. The molecule has 0 aromatic carbocycles. The molecule has 3 heteroatoms. The van der Waals surface area contributed by atoms with Gasteiger partial charge in [-0.3, -0.25) is 0 Å². The summed E-state index contributed by atoms with van der Waals surface area (Å²) in [6.45, 7) is 0. The van der Waals surface area contributed by atoms with Gasteiger partial charge in [0.05, 0.1) is 4.99 Å². The van der Waals surface area contributed by atoms with E-state index in [1.807, 2.05) is 7.05 Å². The Morgan fingerprint density at radius 3 is 2.55 bits per heavy atom. The Bertz CT molecular complexity index is 147. The summed E-state index contributed by atoms with van der Waals surface area (Å²) < 4.78 is 0. The van der Waals surface area contributed by atoms with E-state index >= 15 is 0 Å². The molecule has 1 saturated carbocycles. The van der Waals surface area contributed by atoms with E-state index in [1.165, 1.54) is 25.7 Å². The molecule has 0 saturated heterocycles. The second-order valence-corrected chi connectivity index (χ2v) is 3.66. The van der Waals surface area contributed by atoms with Crippen LogP contribution in [0.25, 0.3) is 0 Å². The van der Waals surface area contributed by atoms with Crippen LogP contribution < -0.4 is 11.1 Å². The maximum absolute atomic E-state index is 5.62. The fourth-order valence-corrected chi connectivity index (χ4v) is 2.10. The van der Waals surface area contributed by atoms with Gasteiger partial charge in [0.2, 0.25) is 0 Å². The minimum Gasteiger partial charge on any atom is -0.393 e. The van der Waals surface area contributed by atoms with Crippen LogP contribution in [0.5, 0.6) is 0 Å². The zero-order valence-electron chi connectivity index (χ0n) is 6.97. The first-order chi connectivity index (χ1) is 5.25. The molecule has 0 amide bonds. The van der Waals surface area contributed by atoms with Gasteiger partial charge in [-0.1, -0.05) is 25.1 Å². The van der Waals surface area contributed by atoms with E-state index < -0.39 is 0 Å². The summed E-state index contributed by atoms with van der Waals surface area (Å²) in [5, 5.41) is 3.27. The summed E-state index contributed by atoms with van der Waals surface area (Å²) >= 11 is 5.00. The summed E-state index contributed by atoms with van der Waals surface area (Å²) in [5.74, 6) is 0.434. The average Bonchev–Trinajstić information content (AvgIpc) is 2.04.